The Kier molecular flexibility index (Phi) is 2.03. The number of hydrogen-bond acceptors (Lipinski definition) is 3. The molecule has 1 aliphatic heterocycles. The smallest absolute Gasteiger partial charge is 0.326 e. The van der Waals surface area contributed by atoms with Gasteiger partial charge in [0.15, 0.2) is 0 Å². The standard InChI is InChI=1S/C8H7ClN2O3/c9-5-3-7(12)11-4(8(13)14)1-2-6(11)10-5/h3-4H,1-2H2,(H,13,14)/t4-/m0/s1. The summed E-state index contributed by atoms with van der Waals surface area (Å²) < 4.78 is 1.19. The molecule has 0 aliphatic carbocycles. The van der Waals surface area contributed by atoms with Gasteiger partial charge in [-0.2, -0.15) is 0 Å². The predicted octanol–water partition coefficient (Wildman–Crippen LogP) is 0.469. The molecule has 0 unspecified atom stereocenters. The van der Waals surface area contributed by atoms with Gasteiger partial charge >= 0.3 is 5.97 Å². The van der Waals surface area contributed by atoms with Crippen molar-refractivity contribution in [1.29, 1.82) is 0 Å². The summed E-state index contributed by atoms with van der Waals surface area (Å²) in [6.07, 6.45) is 0.880. The number of nitrogens with zero attached hydrogens (tertiary/aromatic N) is 2. The fourth-order valence-corrected chi connectivity index (χ4v) is 1.84. The molecule has 74 valence electrons. The zero-order chi connectivity index (χ0) is 10.3. The van der Waals surface area contributed by atoms with Crippen LogP contribution in [0.5, 0.6) is 0 Å². The Morgan fingerprint density at radius 1 is 1.71 bits per heavy atom. The number of fused-ring (bicyclic) bond motifs is 1. The molecule has 1 aliphatic rings. The normalized spacial score (nSPS) is 19.4. The molecule has 0 saturated heterocycles. The zero-order valence-corrected chi connectivity index (χ0v) is 7.86. The van der Waals surface area contributed by atoms with Crippen LogP contribution in [0.3, 0.4) is 0 Å². The zero-order valence-electron chi connectivity index (χ0n) is 7.11. The van der Waals surface area contributed by atoms with E-state index in [1.165, 1.54) is 4.57 Å². The monoisotopic (exact) mass is 214 g/mol. The number of carbonyl (C=O) groups is 1. The molecule has 2 rings (SSSR count). The lowest BCUT2D eigenvalue weighted by molar-refractivity contribution is -0.140. The van der Waals surface area contributed by atoms with E-state index in [-0.39, 0.29) is 5.15 Å². The lowest BCUT2D eigenvalue weighted by Crippen LogP contribution is -2.27. The van der Waals surface area contributed by atoms with Crippen molar-refractivity contribution in [3.8, 4) is 0 Å². The Hall–Kier alpha value is -1.36. The summed E-state index contributed by atoms with van der Waals surface area (Å²) in [6, 6.07) is 0.342. The van der Waals surface area contributed by atoms with Gasteiger partial charge in [0.2, 0.25) is 0 Å². The number of aliphatic carboxylic acids is 1. The van der Waals surface area contributed by atoms with Crippen molar-refractivity contribution in [2.24, 2.45) is 0 Å². The summed E-state index contributed by atoms with van der Waals surface area (Å²) in [6.45, 7) is 0. The molecule has 6 heteroatoms. The second-order valence-electron chi connectivity index (χ2n) is 3.10. The number of aryl methyl sites for hydroxylation is 1. The van der Waals surface area contributed by atoms with Crippen LogP contribution >= 0.6 is 11.6 Å². The molecule has 0 aromatic carbocycles. The Morgan fingerprint density at radius 2 is 2.43 bits per heavy atom. The van der Waals surface area contributed by atoms with E-state index in [4.69, 9.17) is 16.7 Å². The van der Waals surface area contributed by atoms with Gasteiger partial charge in [-0.05, 0) is 6.42 Å². The summed E-state index contributed by atoms with van der Waals surface area (Å²) in [5, 5.41) is 8.95. The minimum atomic E-state index is -1.00. The lowest BCUT2D eigenvalue weighted by atomic mass is 10.2. The van der Waals surface area contributed by atoms with Crippen LogP contribution in [0.15, 0.2) is 10.9 Å². The van der Waals surface area contributed by atoms with Gasteiger partial charge in [-0.25, -0.2) is 9.78 Å². The van der Waals surface area contributed by atoms with Crippen LogP contribution in [0, 0.1) is 0 Å². The maximum absolute atomic E-state index is 11.4. The summed E-state index contributed by atoms with van der Waals surface area (Å²) >= 11 is 5.58. The quantitative estimate of drug-likeness (QED) is 0.690. The van der Waals surface area contributed by atoms with E-state index in [0.29, 0.717) is 18.7 Å². The topological polar surface area (TPSA) is 72.2 Å². The number of carboxylic acids is 1. The van der Waals surface area contributed by atoms with Gasteiger partial charge in [0.1, 0.15) is 17.0 Å². The minimum absolute atomic E-state index is 0.118. The van der Waals surface area contributed by atoms with E-state index in [2.05, 4.69) is 4.98 Å². The summed E-state index contributed by atoms with van der Waals surface area (Å²) in [4.78, 5) is 26.1. The third kappa shape index (κ3) is 1.29. The van der Waals surface area contributed by atoms with Gasteiger partial charge in [0, 0.05) is 12.5 Å². The first-order chi connectivity index (χ1) is 6.59. The van der Waals surface area contributed by atoms with Crippen molar-refractivity contribution in [2.75, 3.05) is 0 Å². The van der Waals surface area contributed by atoms with Crippen LogP contribution in [0.1, 0.15) is 18.3 Å². The van der Waals surface area contributed by atoms with Crippen LogP contribution in [0.2, 0.25) is 5.15 Å². The summed E-state index contributed by atoms with van der Waals surface area (Å²) in [5.41, 5.74) is -0.398. The van der Waals surface area contributed by atoms with Gasteiger partial charge in [-0.3, -0.25) is 9.36 Å². The van der Waals surface area contributed by atoms with E-state index in [0.717, 1.165) is 6.07 Å². The van der Waals surface area contributed by atoms with Crippen molar-refractivity contribution in [3.63, 3.8) is 0 Å². The number of halogens is 1. The molecule has 0 radical (unpaired) electrons. The number of aromatic nitrogens is 2. The molecule has 1 N–H and O–H groups in total. The number of hydrogen-bond donors (Lipinski definition) is 1. The third-order valence-electron chi connectivity index (χ3n) is 2.23. The molecule has 0 spiro atoms. The highest BCUT2D eigenvalue weighted by molar-refractivity contribution is 6.29. The van der Waals surface area contributed by atoms with Crippen molar-refractivity contribution in [3.05, 3.63) is 27.4 Å². The Labute approximate surface area is 84.0 Å². The van der Waals surface area contributed by atoms with Gasteiger partial charge < -0.3 is 5.11 Å². The average molecular weight is 215 g/mol. The highest BCUT2D eigenvalue weighted by atomic mass is 35.5. The van der Waals surface area contributed by atoms with Crippen LogP contribution in [-0.2, 0) is 11.2 Å². The van der Waals surface area contributed by atoms with Crippen molar-refractivity contribution in [2.45, 2.75) is 18.9 Å². The molecule has 2 heterocycles. The van der Waals surface area contributed by atoms with Crippen LogP contribution in [-0.4, -0.2) is 20.6 Å². The molecule has 5 nitrogen and oxygen atoms in total. The van der Waals surface area contributed by atoms with E-state index in [9.17, 15) is 9.59 Å². The molecule has 1 aromatic rings. The molecular formula is C8H7ClN2O3. The fraction of sp³-hybridized carbons (Fsp3) is 0.375. The van der Waals surface area contributed by atoms with Crippen molar-refractivity contribution in [1.82, 2.24) is 9.55 Å². The Bertz CT molecular complexity index is 454. The second kappa shape index (κ2) is 3.09. The van der Waals surface area contributed by atoms with Crippen molar-refractivity contribution >= 4 is 17.6 Å². The first-order valence-corrected chi connectivity index (χ1v) is 4.48. The highest BCUT2D eigenvalue weighted by Gasteiger charge is 2.29. The Balaban J connectivity index is 2.60. The fourth-order valence-electron chi connectivity index (χ4n) is 1.65. The largest absolute Gasteiger partial charge is 0.480 e. The van der Waals surface area contributed by atoms with Crippen LogP contribution < -0.4 is 5.56 Å². The molecule has 14 heavy (non-hydrogen) atoms. The van der Waals surface area contributed by atoms with Crippen LogP contribution in [0.25, 0.3) is 0 Å². The molecule has 0 fully saturated rings. The number of carboxylic acid groups (broad SMARTS) is 1. The van der Waals surface area contributed by atoms with E-state index in [1.54, 1.807) is 0 Å². The molecular weight excluding hydrogens is 208 g/mol. The highest BCUT2D eigenvalue weighted by Crippen LogP contribution is 2.22. The third-order valence-corrected chi connectivity index (χ3v) is 2.43. The predicted molar refractivity (Wildman–Crippen MR) is 48.5 cm³/mol. The maximum Gasteiger partial charge on any atom is 0.326 e. The summed E-state index contributed by atoms with van der Waals surface area (Å²) in [5.74, 6) is -0.551. The first-order valence-electron chi connectivity index (χ1n) is 4.10. The van der Waals surface area contributed by atoms with E-state index < -0.39 is 17.6 Å². The summed E-state index contributed by atoms with van der Waals surface area (Å²) in [7, 11) is 0. The van der Waals surface area contributed by atoms with Gasteiger partial charge in [-0.15, -0.1) is 0 Å². The van der Waals surface area contributed by atoms with Gasteiger partial charge in [-0.1, -0.05) is 11.6 Å². The maximum atomic E-state index is 11.4. The average Bonchev–Trinajstić information content (AvgIpc) is 2.47. The molecule has 0 bridgehead atoms. The molecule has 1 atom stereocenters. The minimum Gasteiger partial charge on any atom is -0.480 e. The SMILES string of the molecule is O=C(O)[C@@H]1CCc2nc(Cl)cc(=O)n21. The Morgan fingerprint density at radius 3 is 3.07 bits per heavy atom. The van der Waals surface area contributed by atoms with E-state index in [1.807, 2.05) is 0 Å². The van der Waals surface area contributed by atoms with E-state index >= 15 is 0 Å². The molecule has 0 saturated carbocycles. The molecule has 1 aromatic heterocycles. The van der Waals surface area contributed by atoms with Crippen molar-refractivity contribution < 1.29 is 9.90 Å². The van der Waals surface area contributed by atoms with Gasteiger partial charge in [0.05, 0.1) is 0 Å². The van der Waals surface area contributed by atoms with Gasteiger partial charge in [0.25, 0.3) is 5.56 Å². The first kappa shape index (κ1) is 9.21. The second-order valence-corrected chi connectivity index (χ2v) is 3.48. The lowest BCUT2D eigenvalue weighted by Gasteiger charge is -2.08. The number of rotatable bonds is 1. The molecule has 0 amide bonds. The van der Waals surface area contributed by atoms with Crippen LogP contribution in [0.4, 0.5) is 0 Å².